The van der Waals surface area contributed by atoms with E-state index in [4.69, 9.17) is 0 Å². The first kappa shape index (κ1) is 27.5. The van der Waals surface area contributed by atoms with Crippen LogP contribution in [0.15, 0.2) is 24.4 Å². The highest BCUT2D eigenvalue weighted by Gasteiger charge is 2.31. The number of pyridine rings is 1. The van der Waals surface area contributed by atoms with Crippen LogP contribution in [-0.4, -0.2) is 81.1 Å². The minimum absolute atomic E-state index is 0.00173. The molecule has 2 bridgehead atoms. The van der Waals surface area contributed by atoms with Crippen LogP contribution in [0.4, 0.5) is 11.8 Å². The number of aromatic carboxylic acids is 1. The standard InChI is InChI=1S/C25H31N7O3.C2H7N/c1-2-3-4-5-19-18-12-20(24(34)35)28-22(18)31-25(29-19)30-21-9-6-15(13-26-21)23(33)32-11-10-16-7-8-17(14-32)27-16;1-3-2/h6,9,12-13,16-17,27H,2-5,7-8,10-11,14H2,1H3,(H,34,35)(H2,26,28,29,30,31);3H,1-2H3/t16-,17+;/m0./s1. The van der Waals surface area contributed by atoms with Crippen LogP contribution in [0.25, 0.3) is 11.0 Å². The van der Waals surface area contributed by atoms with E-state index >= 15 is 0 Å². The number of aryl methyl sites for hydroxylation is 1. The second kappa shape index (κ2) is 12.8. The van der Waals surface area contributed by atoms with Crippen LogP contribution in [0, 0.1) is 0 Å². The van der Waals surface area contributed by atoms with E-state index in [1.54, 1.807) is 24.4 Å². The smallest absolute Gasteiger partial charge is 0.352 e. The predicted octanol–water partition coefficient (Wildman–Crippen LogP) is 3.33. The summed E-state index contributed by atoms with van der Waals surface area (Å²) in [7, 11) is 3.75. The summed E-state index contributed by atoms with van der Waals surface area (Å²) in [5.74, 6) is -0.181. The number of amides is 1. The quantitative estimate of drug-likeness (QED) is 0.281. The van der Waals surface area contributed by atoms with Crippen molar-refractivity contribution in [1.82, 2.24) is 35.5 Å². The van der Waals surface area contributed by atoms with E-state index in [0.29, 0.717) is 35.1 Å². The van der Waals surface area contributed by atoms with Gasteiger partial charge in [-0.1, -0.05) is 19.8 Å². The number of fused-ring (bicyclic) bond motifs is 3. The van der Waals surface area contributed by atoms with E-state index in [1.165, 1.54) is 6.42 Å². The van der Waals surface area contributed by atoms with Gasteiger partial charge in [-0.2, -0.15) is 4.98 Å². The van der Waals surface area contributed by atoms with Crippen molar-refractivity contribution in [3.8, 4) is 0 Å². The lowest BCUT2D eigenvalue weighted by molar-refractivity contribution is 0.0690. The van der Waals surface area contributed by atoms with Crippen molar-refractivity contribution >= 4 is 34.7 Å². The molecule has 2 aliphatic heterocycles. The molecule has 0 spiro atoms. The third-order valence-corrected chi connectivity index (χ3v) is 6.87. The Morgan fingerprint density at radius 2 is 1.92 bits per heavy atom. The Kier molecular flexibility index (Phi) is 9.24. The molecule has 11 nitrogen and oxygen atoms in total. The first-order chi connectivity index (χ1) is 18.4. The van der Waals surface area contributed by atoms with Crippen molar-refractivity contribution < 1.29 is 14.7 Å². The van der Waals surface area contributed by atoms with Gasteiger partial charge in [0.2, 0.25) is 5.95 Å². The van der Waals surface area contributed by atoms with E-state index in [0.717, 1.165) is 62.7 Å². The zero-order valence-corrected chi connectivity index (χ0v) is 22.4. The molecule has 1 amide bonds. The summed E-state index contributed by atoms with van der Waals surface area (Å²) in [6.07, 6.45) is 8.71. The van der Waals surface area contributed by atoms with Crippen molar-refractivity contribution in [2.75, 3.05) is 32.5 Å². The van der Waals surface area contributed by atoms with Crippen LogP contribution in [-0.2, 0) is 6.42 Å². The number of carboxylic acid groups (broad SMARTS) is 1. The summed E-state index contributed by atoms with van der Waals surface area (Å²) in [6.45, 7) is 3.63. The number of hydrogen-bond acceptors (Lipinski definition) is 8. The third kappa shape index (κ3) is 6.65. The number of aromatic amines is 1. The zero-order valence-electron chi connectivity index (χ0n) is 22.4. The SMILES string of the molecule is CCCCCc1nc(Nc2ccc(C(=O)N3CC[C@@H]4CC[C@H](C3)N4)cn2)nc2[nH]c(C(=O)O)cc12.CNC. The zero-order chi connectivity index (χ0) is 27.1. The predicted molar refractivity (Wildman–Crippen MR) is 147 cm³/mol. The average molecular weight is 523 g/mol. The third-order valence-electron chi connectivity index (χ3n) is 6.87. The molecule has 0 saturated carbocycles. The van der Waals surface area contributed by atoms with Crippen molar-refractivity contribution in [3.05, 3.63) is 41.3 Å². The fourth-order valence-electron chi connectivity index (χ4n) is 4.99. The molecule has 2 saturated heterocycles. The molecular weight excluding hydrogens is 484 g/mol. The van der Waals surface area contributed by atoms with Crippen molar-refractivity contribution in [1.29, 1.82) is 0 Å². The van der Waals surface area contributed by atoms with E-state index in [-0.39, 0.29) is 11.6 Å². The molecule has 5 rings (SSSR count). The summed E-state index contributed by atoms with van der Waals surface area (Å²) in [5.41, 5.74) is 1.91. The lowest BCUT2D eigenvalue weighted by Crippen LogP contribution is -2.39. The van der Waals surface area contributed by atoms with Gasteiger partial charge < -0.3 is 30.9 Å². The summed E-state index contributed by atoms with van der Waals surface area (Å²) >= 11 is 0. The molecule has 38 heavy (non-hydrogen) atoms. The fraction of sp³-hybridized carbons (Fsp3) is 0.519. The van der Waals surface area contributed by atoms with Gasteiger partial charge in [0.25, 0.3) is 5.91 Å². The monoisotopic (exact) mass is 522 g/mol. The number of likely N-dealkylation sites (tertiary alicyclic amines) is 1. The van der Waals surface area contributed by atoms with Crippen molar-refractivity contribution in [2.24, 2.45) is 0 Å². The highest BCUT2D eigenvalue weighted by Crippen LogP contribution is 2.24. The lowest BCUT2D eigenvalue weighted by Gasteiger charge is -2.24. The highest BCUT2D eigenvalue weighted by atomic mass is 16.4. The minimum Gasteiger partial charge on any atom is -0.477 e. The molecule has 3 aromatic heterocycles. The Labute approximate surface area is 222 Å². The number of carboxylic acids is 1. The van der Waals surface area contributed by atoms with Gasteiger partial charge in [0.15, 0.2) is 0 Å². The maximum atomic E-state index is 13.0. The van der Waals surface area contributed by atoms with E-state index in [2.05, 4.69) is 42.8 Å². The Morgan fingerprint density at radius 3 is 2.63 bits per heavy atom. The average Bonchev–Trinajstić information content (AvgIpc) is 3.48. The number of nitrogens with one attached hydrogen (secondary N) is 4. The Balaban J connectivity index is 0.00000107. The van der Waals surface area contributed by atoms with Crippen molar-refractivity contribution in [2.45, 2.75) is 64.0 Å². The number of hydrogen-bond donors (Lipinski definition) is 5. The number of H-pyrrole nitrogens is 1. The number of nitrogens with zero attached hydrogens (tertiary/aromatic N) is 4. The van der Waals surface area contributed by atoms with Crippen LogP contribution in [0.2, 0.25) is 0 Å². The van der Waals surface area contributed by atoms with E-state index < -0.39 is 5.97 Å². The van der Waals surface area contributed by atoms with Gasteiger partial charge in [0.05, 0.1) is 11.3 Å². The molecular formula is C27H38N8O3. The molecule has 0 aromatic carbocycles. The largest absolute Gasteiger partial charge is 0.477 e. The number of aromatic nitrogens is 4. The maximum absolute atomic E-state index is 13.0. The second-order valence-electron chi connectivity index (χ2n) is 9.94. The van der Waals surface area contributed by atoms with Gasteiger partial charge >= 0.3 is 5.97 Å². The van der Waals surface area contributed by atoms with E-state index in [1.807, 2.05) is 19.0 Å². The van der Waals surface area contributed by atoms with Crippen LogP contribution < -0.4 is 16.0 Å². The van der Waals surface area contributed by atoms with Crippen LogP contribution in [0.1, 0.15) is 72.0 Å². The van der Waals surface area contributed by atoms with Crippen molar-refractivity contribution in [3.63, 3.8) is 0 Å². The highest BCUT2D eigenvalue weighted by molar-refractivity contribution is 5.94. The Morgan fingerprint density at radius 1 is 1.13 bits per heavy atom. The summed E-state index contributed by atoms with van der Waals surface area (Å²) in [5, 5.41) is 19.5. The molecule has 204 valence electrons. The summed E-state index contributed by atoms with van der Waals surface area (Å²) in [6, 6.07) is 6.01. The van der Waals surface area contributed by atoms with Crippen LogP contribution in [0.3, 0.4) is 0 Å². The van der Waals surface area contributed by atoms with Gasteiger partial charge in [-0.15, -0.1) is 0 Å². The number of rotatable bonds is 8. The normalized spacial score (nSPS) is 18.6. The summed E-state index contributed by atoms with van der Waals surface area (Å²) in [4.78, 5) is 42.8. The van der Waals surface area contributed by atoms with Crippen LogP contribution >= 0.6 is 0 Å². The molecule has 3 aromatic rings. The molecule has 0 unspecified atom stereocenters. The molecule has 0 radical (unpaired) electrons. The number of carbonyl (C=O) groups excluding carboxylic acids is 1. The Hall–Kier alpha value is -3.57. The van der Waals surface area contributed by atoms with E-state index in [9.17, 15) is 14.7 Å². The second-order valence-corrected chi connectivity index (χ2v) is 9.94. The molecule has 2 fully saturated rings. The van der Waals surface area contributed by atoms with Gasteiger partial charge in [-0.05, 0) is 64.4 Å². The lowest BCUT2D eigenvalue weighted by atomic mass is 10.1. The van der Waals surface area contributed by atoms with Gasteiger partial charge in [0.1, 0.15) is 17.2 Å². The first-order valence-electron chi connectivity index (χ1n) is 13.4. The number of anilines is 2. The minimum atomic E-state index is -1.04. The van der Waals surface area contributed by atoms with Crippen LogP contribution in [0.5, 0.6) is 0 Å². The number of carbonyl (C=O) groups is 2. The van der Waals surface area contributed by atoms with Gasteiger partial charge in [0, 0.05) is 36.8 Å². The summed E-state index contributed by atoms with van der Waals surface area (Å²) < 4.78 is 0. The molecule has 5 heterocycles. The maximum Gasteiger partial charge on any atom is 0.352 e. The molecule has 2 aliphatic rings. The molecule has 11 heteroatoms. The molecule has 5 N–H and O–H groups in total. The topological polar surface area (TPSA) is 148 Å². The van der Waals surface area contributed by atoms with Gasteiger partial charge in [-0.25, -0.2) is 14.8 Å². The number of unbranched alkanes of at least 4 members (excludes halogenated alkanes) is 2. The Bertz CT molecular complexity index is 1240. The van der Waals surface area contributed by atoms with Gasteiger partial charge in [-0.3, -0.25) is 4.79 Å². The molecule has 0 aliphatic carbocycles. The molecule has 2 atom stereocenters. The fourth-order valence-corrected chi connectivity index (χ4v) is 4.99. The first-order valence-corrected chi connectivity index (χ1v) is 13.4.